The van der Waals surface area contributed by atoms with Crippen LogP contribution in [0.15, 0.2) is 10.5 Å². The first kappa shape index (κ1) is 16.3. The highest BCUT2D eigenvalue weighted by atomic mass is 79.9. The Morgan fingerprint density at radius 3 is 2.76 bits per heavy atom. The Balaban J connectivity index is 2.52. The van der Waals surface area contributed by atoms with Crippen molar-refractivity contribution in [3.63, 3.8) is 0 Å². The summed E-state index contributed by atoms with van der Waals surface area (Å²) >= 11 is 3.46. The van der Waals surface area contributed by atoms with Gasteiger partial charge in [-0.05, 0) is 72.7 Å². The van der Waals surface area contributed by atoms with Gasteiger partial charge in [0.2, 0.25) is 0 Å². The molecule has 1 atom stereocenters. The Labute approximate surface area is 134 Å². The fraction of sp³-hybridized carbons (Fsp3) is 0.562. The number of carbonyl (C=O) groups excluding carboxylic acids is 1. The summed E-state index contributed by atoms with van der Waals surface area (Å²) in [5, 5.41) is 0. The van der Waals surface area contributed by atoms with Gasteiger partial charge in [0.25, 0.3) is 0 Å². The number of esters is 1. The van der Waals surface area contributed by atoms with E-state index >= 15 is 0 Å². The van der Waals surface area contributed by atoms with E-state index in [1.54, 1.807) is 6.07 Å². The van der Waals surface area contributed by atoms with E-state index in [0.29, 0.717) is 17.9 Å². The normalized spacial score (nSPS) is 21.1. The topological polar surface area (TPSA) is 61.5 Å². The maximum atomic E-state index is 12.0. The van der Waals surface area contributed by atoms with Crippen LogP contribution in [0.5, 0.6) is 0 Å². The molecule has 0 bridgehead atoms. The summed E-state index contributed by atoms with van der Waals surface area (Å²) in [4.78, 5) is 12.0. The Morgan fingerprint density at radius 1 is 1.52 bits per heavy atom. The van der Waals surface area contributed by atoms with Gasteiger partial charge in [-0.15, -0.1) is 0 Å². The van der Waals surface area contributed by atoms with Crippen molar-refractivity contribution in [3.05, 3.63) is 27.2 Å². The molecule has 5 heteroatoms. The number of rotatable bonds is 2. The molecule has 1 saturated heterocycles. The quantitative estimate of drug-likeness (QED) is 0.647. The molecule has 21 heavy (non-hydrogen) atoms. The molecule has 4 nitrogen and oxygen atoms in total. The lowest BCUT2D eigenvalue weighted by Gasteiger charge is -2.37. The van der Waals surface area contributed by atoms with Gasteiger partial charge in [0.1, 0.15) is 0 Å². The van der Waals surface area contributed by atoms with Gasteiger partial charge in [-0.1, -0.05) is 0 Å². The van der Waals surface area contributed by atoms with E-state index in [1.165, 1.54) is 7.11 Å². The molecule has 116 valence electrons. The van der Waals surface area contributed by atoms with E-state index < -0.39 is 0 Å². The lowest BCUT2D eigenvalue weighted by molar-refractivity contribution is -0.0592. The van der Waals surface area contributed by atoms with Crippen LogP contribution in [0.25, 0.3) is 0 Å². The fourth-order valence-electron chi connectivity index (χ4n) is 3.11. The number of methoxy groups -OCH3 is 1. The molecule has 0 amide bonds. The smallest absolute Gasteiger partial charge is 0.338 e. The number of anilines is 1. The van der Waals surface area contributed by atoms with Crippen molar-refractivity contribution in [1.29, 1.82) is 0 Å². The number of carbonyl (C=O) groups is 1. The van der Waals surface area contributed by atoms with Crippen LogP contribution in [0.1, 0.15) is 54.1 Å². The van der Waals surface area contributed by atoms with Crippen LogP contribution in [0, 0.1) is 6.92 Å². The van der Waals surface area contributed by atoms with Gasteiger partial charge in [0, 0.05) is 16.8 Å². The summed E-state index contributed by atoms with van der Waals surface area (Å²) in [6.07, 6.45) is 1.79. The number of benzene rings is 1. The second-order valence-corrected chi connectivity index (χ2v) is 7.00. The van der Waals surface area contributed by atoms with Crippen molar-refractivity contribution in [2.24, 2.45) is 0 Å². The van der Waals surface area contributed by atoms with Crippen LogP contribution in [-0.2, 0) is 9.47 Å². The Kier molecular flexibility index (Phi) is 4.63. The SMILES string of the molecule is COC(=O)c1cc(Br)c(N)c(C2CCOC(C)(C)C2)c1C. The van der Waals surface area contributed by atoms with E-state index in [1.807, 2.05) is 6.92 Å². The van der Waals surface area contributed by atoms with E-state index in [-0.39, 0.29) is 17.5 Å². The van der Waals surface area contributed by atoms with Crippen LogP contribution < -0.4 is 5.73 Å². The molecule has 0 saturated carbocycles. The summed E-state index contributed by atoms with van der Waals surface area (Å²) in [7, 11) is 1.39. The molecule has 2 rings (SSSR count). The third-order valence-electron chi connectivity index (χ3n) is 4.14. The minimum absolute atomic E-state index is 0.171. The lowest BCUT2D eigenvalue weighted by Crippen LogP contribution is -2.33. The van der Waals surface area contributed by atoms with Crippen LogP contribution in [0.4, 0.5) is 5.69 Å². The third kappa shape index (κ3) is 3.24. The van der Waals surface area contributed by atoms with Crippen molar-refractivity contribution >= 4 is 27.6 Å². The molecule has 2 N–H and O–H groups in total. The number of hydrogen-bond acceptors (Lipinski definition) is 4. The van der Waals surface area contributed by atoms with Gasteiger partial charge in [-0.3, -0.25) is 0 Å². The van der Waals surface area contributed by atoms with Gasteiger partial charge in [0.05, 0.1) is 18.3 Å². The standard InChI is InChI=1S/C16H22BrNO3/c1-9-11(15(19)20-4)7-12(17)14(18)13(9)10-5-6-21-16(2,3)8-10/h7,10H,5-6,8,18H2,1-4H3. The van der Waals surface area contributed by atoms with Crippen molar-refractivity contribution < 1.29 is 14.3 Å². The first-order valence-electron chi connectivity index (χ1n) is 7.07. The Morgan fingerprint density at radius 2 is 2.19 bits per heavy atom. The summed E-state index contributed by atoms with van der Waals surface area (Å²) in [5.41, 5.74) is 9.33. The van der Waals surface area contributed by atoms with E-state index in [2.05, 4.69) is 29.8 Å². The summed E-state index contributed by atoms with van der Waals surface area (Å²) in [6, 6.07) is 1.74. The van der Waals surface area contributed by atoms with Gasteiger partial charge >= 0.3 is 5.97 Å². The molecule has 1 aromatic carbocycles. The summed E-state index contributed by atoms with van der Waals surface area (Å²) in [5.74, 6) is -0.0459. The maximum Gasteiger partial charge on any atom is 0.338 e. The largest absolute Gasteiger partial charge is 0.465 e. The summed E-state index contributed by atoms with van der Waals surface area (Å²) < 4.78 is 11.4. The molecule has 0 aromatic heterocycles. The highest BCUT2D eigenvalue weighted by Crippen LogP contribution is 2.42. The van der Waals surface area contributed by atoms with E-state index in [4.69, 9.17) is 15.2 Å². The number of ether oxygens (including phenoxy) is 2. The molecule has 0 radical (unpaired) electrons. The van der Waals surface area contributed by atoms with Gasteiger partial charge < -0.3 is 15.2 Å². The lowest BCUT2D eigenvalue weighted by atomic mass is 9.80. The Bertz CT molecular complexity index is 569. The molecule has 1 unspecified atom stereocenters. The predicted molar refractivity (Wildman–Crippen MR) is 86.6 cm³/mol. The number of halogens is 1. The van der Waals surface area contributed by atoms with Crippen LogP contribution in [-0.4, -0.2) is 25.3 Å². The van der Waals surface area contributed by atoms with Crippen molar-refractivity contribution in [2.75, 3.05) is 19.5 Å². The Hall–Kier alpha value is -1.07. The molecule has 0 spiro atoms. The fourth-order valence-corrected chi connectivity index (χ4v) is 3.56. The molecular weight excluding hydrogens is 334 g/mol. The average molecular weight is 356 g/mol. The van der Waals surface area contributed by atoms with Gasteiger partial charge in [-0.25, -0.2) is 4.79 Å². The minimum Gasteiger partial charge on any atom is -0.465 e. The molecule has 1 aliphatic heterocycles. The minimum atomic E-state index is -0.333. The predicted octanol–water partition coefficient (Wildman–Crippen LogP) is 3.80. The molecular formula is C16H22BrNO3. The molecule has 1 aliphatic rings. The highest BCUT2D eigenvalue weighted by molar-refractivity contribution is 9.10. The highest BCUT2D eigenvalue weighted by Gasteiger charge is 2.33. The van der Waals surface area contributed by atoms with Gasteiger partial charge in [-0.2, -0.15) is 0 Å². The monoisotopic (exact) mass is 355 g/mol. The van der Waals surface area contributed by atoms with Crippen molar-refractivity contribution in [3.8, 4) is 0 Å². The van der Waals surface area contributed by atoms with E-state index in [0.717, 1.165) is 28.4 Å². The van der Waals surface area contributed by atoms with Gasteiger partial charge in [0.15, 0.2) is 0 Å². The summed E-state index contributed by atoms with van der Waals surface area (Å²) in [6.45, 7) is 6.82. The van der Waals surface area contributed by atoms with Crippen molar-refractivity contribution in [2.45, 2.75) is 45.1 Å². The number of nitrogen functional groups attached to an aromatic ring is 1. The number of nitrogens with two attached hydrogens (primary N) is 1. The van der Waals surface area contributed by atoms with Crippen molar-refractivity contribution in [1.82, 2.24) is 0 Å². The third-order valence-corrected chi connectivity index (χ3v) is 4.79. The molecule has 0 aliphatic carbocycles. The van der Waals surface area contributed by atoms with Crippen LogP contribution >= 0.6 is 15.9 Å². The molecule has 1 aromatic rings. The average Bonchev–Trinajstić information content (AvgIpc) is 2.41. The zero-order valence-electron chi connectivity index (χ0n) is 13.0. The first-order valence-corrected chi connectivity index (χ1v) is 7.87. The molecule has 1 heterocycles. The zero-order valence-corrected chi connectivity index (χ0v) is 14.5. The second kappa shape index (κ2) is 5.97. The molecule has 1 fully saturated rings. The van der Waals surface area contributed by atoms with Crippen LogP contribution in [0.3, 0.4) is 0 Å². The number of hydrogen-bond donors (Lipinski definition) is 1. The maximum absolute atomic E-state index is 12.0. The first-order chi connectivity index (χ1) is 9.76. The zero-order chi connectivity index (χ0) is 15.8. The van der Waals surface area contributed by atoms with Crippen LogP contribution in [0.2, 0.25) is 0 Å². The van der Waals surface area contributed by atoms with E-state index in [9.17, 15) is 4.79 Å². The second-order valence-electron chi connectivity index (χ2n) is 6.15.